The Kier molecular flexibility index (Phi) is 17.6. The summed E-state index contributed by atoms with van der Waals surface area (Å²) in [6.07, 6.45) is 11.3. The van der Waals surface area contributed by atoms with Crippen molar-refractivity contribution in [2.45, 2.75) is 71.1 Å². The fourth-order valence-corrected chi connectivity index (χ4v) is 2.85. The van der Waals surface area contributed by atoms with Crippen LogP contribution in [0.1, 0.15) is 71.1 Å². The van der Waals surface area contributed by atoms with E-state index in [1.807, 2.05) is 0 Å². The van der Waals surface area contributed by atoms with Gasteiger partial charge in [-0.15, -0.1) is 0 Å². The minimum Gasteiger partial charge on any atom is -0.480 e. The summed E-state index contributed by atoms with van der Waals surface area (Å²) in [6, 6.07) is 0. The third-order valence-corrected chi connectivity index (χ3v) is 4.39. The number of unbranched alkanes of at least 4 members (excludes halogenated alkanes) is 8. The molecule has 0 aliphatic rings. The zero-order valence-corrected chi connectivity index (χ0v) is 17.3. The number of ether oxygens (including phenoxy) is 1. The van der Waals surface area contributed by atoms with Gasteiger partial charge in [0.2, 0.25) is 5.91 Å². The summed E-state index contributed by atoms with van der Waals surface area (Å²) < 4.78 is 4.93. The molecular formula is C20H38N2O6. The van der Waals surface area contributed by atoms with Crippen molar-refractivity contribution in [1.29, 1.82) is 0 Å². The minimum absolute atomic E-state index is 0.0136. The van der Waals surface area contributed by atoms with E-state index in [-0.39, 0.29) is 19.1 Å². The lowest BCUT2D eigenvalue weighted by molar-refractivity contribution is -0.143. The Morgan fingerprint density at radius 3 is 2.04 bits per heavy atom. The van der Waals surface area contributed by atoms with Crippen LogP contribution in [0.2, 0.25) is 0 Å². The summed E-state index contributed by atoms with van der Waals surface area (Å²) in [7, 11) is 0. The van der Waals surface area contributed by atoms with Crippen molar-refractivity contribution in [1.82, 2.24) is 10.2 Å². The summed E-state index contributed by atoms with van der Waals surface area (Å²) in [5.41, 5.74) is 0. The summed E-state index contributed by atoms with van der Waals surface area (Å²) in [6.45, 7) is 2.81. The van der Waals surface area contributed by atoms with Crippen molar-refractivity contribution in [3.8, 4) is 0 Å². The number of amides is 1. The van der Waals surface area contributed by atoms with Gasteiger partial charge < -0.3 is 20.3 Å². The molecule has 0 saturated heterocycles. The molecule has 0 bridgehead atoms. The van der Waals surface area contributed by atoms with E-state index in [1.54, 1.807) is 4.90 Å². The van der Waals surface area contributed by atoms with Crippen molar-refractivity contribution in [2.24, 2.45) is 0 Å². The van der Waals surface area contributed by atoms with Crippen LogP contribution in [0.4, 0.5) is 0 Å². The van der Waals surface area contributed by atoms with Crippen LogP contribution in [0.5, 0.6) is 0 Å². The highest BCUT2D eigenvalue weighted by atomic mass is 16.5. The van der Waals surface area contributed by atoms with Gasteiger partial charge in [-0.25, -0.2) is 4.79 Å². The Morgan fingerprint density at radius 1 is 0.857 bits per heavy atom. The molecule has 0 radical (unpaired) electrons. The summed E-state index contributed by atoms with van der Waals surface area (Å²) in [4.78, 5) is 34.7. The minimum atomic E-state index is -1.06. The number of carbonyl (C=O) groups is 3. The van der Waals surface area contributed by atoms with Crippen LogP contribution in [0.3, 0.4) is 0 Å². The first-order chi connectivity index (χ1) is 13.5. The summed E-state index contributed by atoms with van der Waals surface area (Å²) in [5.74, 6) is -2.05. The van der Waals surface area contributed by atoms with E-state index >= 15 is 0 Å². The number of carboxylic acid groups (broad SMARTS) is 2. The van der Waals surface area contributed by atoms with Crippen LogP contribution in [0.15, 0.2) is 0 Å². The maximum atomic E-state index is 11.9. The normalized spacial score (nSPS) is 10.9. The van der Waals surface area contributed by atoms with E-state index in [1.165, 1.54) is 44.9 Å². The predicted molar refractivity (Wildman–Crippen MR) is 107 cm³/mol. The van der Waals surface area contributed by atoms with Crippen molar-refractivity contribution in [3.05, 3.63) is 0 Å². The molecule has 0 unspecified atom stereocenters. The molecule has 3 N–H and O–H groups in total. The van der Waals surface area contributed by atoms with Crippen LogP contribution in [-0.4, -0.2) is 72.4 Å². The van der Waals surface area contributed by atoms with Crippen LogP contribution in [0.25, 0.3) is 0 Å². The maximum absolute atomic E-state index is 11.9. The van der Waals surface area contributed by atoms with Gasteiger partial charge in [0, 0.05) is 26.1 Å². The largest absolute Gasteiger partial charge is 0.480 e. The van der Waals surface area contributed by atoms with Crippen molar-refractivity contribution in [3.63, 3.8) is 0 Å². The standard InChI is InChI=1S/C20H38N2O6/c1-2-3-4-5-6-7-8-9-10-11-18(23)21-12-13-22(16-19(24)25)14-15-28-17-20(26)27/h2-17H2,1H3,(H,21,23)(H,24,25)(H,26,27). The van der Waals surface area contributed by atoms with Gasteiger partial charge in [0.25, 0.3) is 0 Å². The molecule has 0 rings (SSSR count). The average Bonchev–Trinajstić information content (AvgIpc) is 2.63. The van der Waals surface area contributed by atoms with Gasteiger partial charge in [0.1, 0.15) is 6.61 Å². The summed E-state index contributed by atoms with van der Waals surface area (Å²) >= 11 is 0. The molecule has 8 nitrogen and oxygen atoms in total. The van der Waals surface area contributed by atoms with E-state index in [9.17, 15) is 14.4 Å². The van der Waals surface area contributed by atoms with Crippen LogP contribution in [-0.2, 0) is 19.1 Å². The molecule has 164 valence electrons. The zero-order valence-electron chi connectivity index (χ0n) is 17.3. The number of hydrogen-bond donors (Lipinski definition) is 3. The van der Waals surface area contributed by atoms with E-state index in [0.29, 0.717) is 26.1 Å². The Balaban J connectivity index is 3.71. The van der Waals surface area contributed by atoms with Gasteiger partial charge in [-0.2, -0.15) is 0 Å². The fraction of sp³-hybridized carbons (Fsp3) is 0.850. The van der Waals surface area contributed by atoms with E-state index < -0.39 is 18.5 Å². The Morgan fingerprint density at radius 2 is 1.46 bits per heavy atom. The molecule has 0 spiro atoms. The fourth-order valence-electron chi connectivity index (χ4n) is 2.85. The molecule has 0 atom stereocenters. The Bertz CT molecular complexity index is 431. The number of nitrogens with zero attached hydrogens (tertiary/aromatic N) is 1. The highest BCUT2D eigenvalue weighted by Gasteiger charge is 2.10. The number of nitrogens with one attached hydrogen (secondary N) is 1. The van der Waals surface area contributed by atoms with Crippen LogP contribution < -0.4 is 5.32 Å². The van der Waals surface area contributed by atoms with Crippen LogP contribution >= 0.6 is 0 Å². The molecule has 8 heteroatoms. The zero-order chi connectivity index (χ0) is 21.0. The maximum Gasteiger partial charge on any atom is 0.329 e. The number of rotatable bonds is 20. The first-order valence-corrected chi connectivity index (χ1v) is 10.5. The van der Waals surface area contributed by atoms with E-state index in [2.05, 4.69) is 12.2 Å². The predicted octanol–water partition coefficient (Wildman–Crippen LogP) is 2.51. The van der Waals surface area contributed by atoms with Gasteiger partial charge >= 0.3 is 11.9 Å². The van der Waals surface area contributed by atoms with E-state index in [0.717, 1.165) is 12.8 Å². The third kappa shape index (κ3) is 19.1. The topological polar surface area (TPSA) is 116 Å². The quantitative estimate of drug-likeness (QED) is 0.268. The highest BCUT2D eigenvalue weighted by molar-refractivity contribution is 5.75. The first-order valence-electron chi connectivity index (χ1n) is 10.5. The molecular weight excluding hydrogens is 364 g/mol. The van der Waals surface area contributed by atoms with E-state index in [4.69, 9.17) is 14.9 Å². The SMILES string of the molecule is CCCCCCCCCCCC(=O)NCCN(CCOCC(=O)O)CC(=O)O. The van der Waals surface area contributed by atoms with Gasteiger partial charge in [-0.3, -0.25) is 14.5 Å². The molecule has 0 aliphatic heterocycles. The molecule has 0 aromatic carbocycles. The number of aliphatic carboxylic acids is 2. The summed E-state index contributed by atoms with van der Waals surface area (Å²) in [5, 5.41) is 20.2. The lowest BCUT2D eigenvalue weighted by atomic mass is 10.1. The van der Waals surface area contributed by atoms with Gasteiger partial charge in [0.15, 0.2) is 0 Å². The third-order valence-electron chi connectivity index (χ3n) is 4.39. The van der Waals surface area contributed by atoms with Crippen molar-refractivity contribution in [2.75, 3.05) is 39.4 Å². The second-order valence-corrected chi connectivity index (χ2v) is 7.04. The second kappa shape index (κ2) is 18.7. The average molecular weight is 403 g/mol. The molecule has 1 amide bonds. The molecule has 0 saturated carbocycles. The van der Waals surface area contributed by atoms with Crippen molar-refractivity contribution < 1.29 is 29.3 Å². The molecule has 0 aromatic heterocycles. The lowest BCUT2D eigenvalue weighted by Crippen LogP contribution is -2.39. The monoisotopic (exact) mass is 402 g/mol. The number of hydrogen-bond acceptors (Lipinski definition) is 5. The molecule has 28 heavy (non-hydrogen) atoms. The van der Waals surface area contributed by atoms with Crippen molar-refractivity contribution >= 4 is 17.8 Å². The second-order valence-electron chi connectivity index (χ2n) is 7.04. The number of carbonyl (C=O) groups excluding carboxylic acids is 1. The lowest BCUT2D eigenvalue weighted by Gasteiger charge is -2.20. The smallest absolute Gasteiger partial charge is 0.329 e. The van der Waals surface area contributed by atoms with Gasteiger partial charge in [-0.05, 0) is 6.42 Å². The first kappa shape index (κ1) is 26.3. The Hall–Kier alpha value is -1.67. The molecule has 0 fully saturated rings. The molecule has 0 aliphatic carbocycles. The molecule has 0 heterocycles. The van der Waals surface area contributed by atoms with Gasteiger partial charge in [0.05, 0.1) is 13.2 Å². The van der Waals surface area contributed by atoms with Gasteiger partial charge in [-0.1, -0.05) is 58.3 Å². The van der Waals surface area contributed by atoms with Crippen LogP contribution in [0, 0.1) is 0 Å². The Labute approximate surface area is 168 Å². The molecule has 0 aromatic rings. The number of carboxylic acids is 2. The highest BCUT2D eigenvalue weighted by Crippen LogP contribution is 2.10.